The van der Waals surface area contributed by atoms with Crippen molar-refractivity contribution in [1.29, 1.82) is 0 Å². The average Bonchev–Trinajstić information content (AvgIpc) is 3.25. The van der Waals surface area contributed by atoms with Crippen molar-refractivity contribution in [3.05, 3.63) is 35.2 Å². The van der Waals surface area contributed by atoms with E-state index in [1.807, 2.05) is 12.3 Å². The Bertz CT molecular complexity index is 694. The topological polar surface area (TPSA) is 63.2 Å². The zero-order valence-corrected chi connectivity index (χ0v) is 15.6. The van der Waals surface area contributed by atoms with Crippen LogP contribution < -0.4 is 5.32 Å². The Morgan fingerprint density at radius 3 is 2.88 bits per heavy atom. The van der Waals surface area contributed by atoms with Gasteiger partial charge in [-0.15, -0.1) is 0 Å². The summed E-state index contributed by atoms with van der Waals surface area (Å²) in [7, 11) is 1.39. The third-order valence-electron chi connectivity index (χ3n) is 5.46. The van der Waals surface area contributed by atoms with E-state index < -0.39 is 0 Å². The first-order valence-electron chi connectivity index (χ1n) is 9.28. The largest absolute Gasteiger partial charge is 0.477 e. The number of carbonyl (C=O) groups excluding carboxylic acids is 1. The highest BCUT2D eigenvalue weighted by Gasteiger charge is 2.43. The van der Waals surface area contributed by atoms with Gasteiger partial charge in [0.05, 0.1) is 12.7 Å². The molecule has 0 aromatic carbocycles. The minimum atomic E-state index is -0.356. The lowest BCUT2D eigenvalue weighted by atomic mass is 9.94. The second-order valence-corrected chi connectivity index (χ2v) is 7.51. The standard InChI is InChI=1S/C19H24ClN3O3/c1-25-19(24)12-9-10-23-16(11-12)22-17(14-7-8-15(20)26-14)18(23)21-13-5-3-2-4-6-13/h8-11,13-14,17-18,21H,2-7H2,1H3. The molecule has 4 rings (SSSR count). The second-order valence-electron chi connectivity index (χ2n) is 7.14. The number of aliphatic imine (C=N–C) groups is 1. The second kappa shape index (κ2) is 7.45. The van der Waals surface area contributed by atoms with Crippen LogP contribution in [0.15, 0.2) is 40.2 Å². The van der Waals surface area contributed by atoms with Gasteiger partial charge in [-0.3, -0.25) is 10.3 Å². The molecule has 7 heteroatoms. The highest BCUT2D eigenvalue weighted by atomic mass is 35.5. The molecule has 3 heterocycles. The molecule has 0 aromatic rings. The van der Waals surface area contributed by atoms with Crippen molar-refractivity contribution >= 4 is 23.4 Å². The van der Waals surface area contributed by atoms with Gasteiger partial charge in [-0.25, -0.2) is 4.79 Å². The van der Waals surface area contributed by atoms with Crippen LogP contribution in [-0.2, 0) is 14.3 Å². The van der Waals surface area contributed by atoms with Crippen LogP contribution in [-0.4, -0.2) is 48.2 Å². The number of hydrogen-bond acceptors (Lipinski definition) is 6. The first-order chi connectivity index (χ1) is 12.7. The number of hydrogen-bond donors (Lipinski definition) is 1. The van der Waals surface area contributed by atoms with Crippen LogP contribution >= 0.6 is 11.6 Å². The number of esters is 1. The number of ether oxygens (including phenoxy) is 2. The van der Waals surface area contributed by atoms with E-state index in [9.17, 15) is 4.79 Å². The number of amidine groups is 1. The quantitative estimate of drug-likeness (QED) is 0.763. The summed E-state index contributed by atoms with van der Waals surface area (Å²) in [6.07, 6.45) is 14.2. The van der Waals surface area contributed by atoms with Crippen LogP contribution in [0, 0.1) is 0 Å². The van der Waals surface area contributed by atoms with E-state index in [2.05, 4.69) is 10.2 Å². The molecule has 3 atom stereocenters. The van der Waals surface area contributed by atoms with Crippen LogP contribution in [0.1, 0.15) is 38.5 Å². The predicted octanol–water partition coefficient (Wildman–Crippen LogP) is 2.81. The molecule has 140 valence electrons. The molecular weight excluding hydrogens is 354 g/mol. The van der Waals surface area contributed by atoms with Crippen LogP contribution in [0.5, 0.6) is 0 Å². The van der Waals surface area contributed by atoms with Gasteiger partial charge in [0, 0.05) is 18.7 Å². The number of rotatable bonds is 4. The van der Waals surface area contributed by atoms with Gasteiger partial charge >= 0.3 is 5.97 Å². The summed E-state index contributed by atoms with van der Waals surface area (Å²) in [4.78, 5) is 18.8. The zero-order valence-electron chi connectivity index (χ0n) is 14.9. The van der Waals surface area contributed by atoms with E-state index in [-0.39, 0.29) is 24.3 Å². The monoisotopic (exact) mass is 377 g/mol. The lowest BCUT2D eigenvalue weighted by Gasteiger charge is -2.35. The van der Waals surface area contributed by atoms with E-state index >= 15 is 0 Å². The van der Waals surface area contributed by atoms with Gasteiger partial charge in [-0.05, 0) is 42.7 Å². The SMILES string of the molecule is COC(=O)C1=CC2=NC(C3CC=C(Cl)O3)C(NC3CCCCC3)N2C=C1. The van der Waals surface area contributed by atoms with E-state index in [1.54, 1.807) is 12.2 Å². The molecule has 0 saturated heterocycles. The van der Waals surface area contributed by atoms with Crippen molar-refractivity contribution in [3.63, 3.8) is 0 Å². The maximum absolute atomic E-state index is 11.9. The van der Waals surface area contributed by atoms with Gasteiger partial charge in [0.2, 0.25) is 0 Å². The Morgan fingerprint density at radius 2 is 2.19 bits per heavy atom. The third-order valence-corrected chi connectivity index (χ3v) is 5.70. The molecule has 1 fully saturated rings. The fraction of sp³-hybridized carbons (Fsp3) is 0.579. The van der Waals surface area contributed by atoms with Gasteiger partial charge < -0.3 is 14.4 Å². The lowest BCUT2D eigenvalue weighted by molar-refractivity contribution is -0.135. The summed E-state index contributed by atoms with van der Waals surface area (Å²) < 4.78 is 10.6. The van der Waals surface area contributed by atoms with Crippen LogP contribution in [0.2, 0.25) is 0 Å². The third kappa shape index (κ3) is 3.40. The first kappa shape index (κ1) is 17.6. The summed E-state index contributed by atoms with van der Waals surface area (Å²) >= 11 is 6.03. The summed E-state index contributed by atoms with van der Waals surface area (Å²) in [6, 6.07) is 0.396. The van der Waals surface area contributed by atoms with Crippen molar-refractivity contribution < 1.29 is 14.3 Å². The molecule has 3 aliphatic heterocycles. The summed E-state index contributed by atoms with van der Waals surface area (Å²) in [5, 5.41) is 4.23. The Kier molecular flexibility index (Phi) is 5.05. The fourth-order valence-corrected chi connectivity index (χ4v) is 4.31. The van der Waals surface area contributed by atoms with Gasteiger partial charge in [-0.1, -0.05) is 19.3 Å². The van der Waals surface area contributed by atoms with E-state index in [1.165, 1.54) is 39.2 Å². The van der Waals surface area contributed by atoms with E-state index in [0.29, 0.717) is 16.8 Å². The molecule has 0 radical (unpaired) electrons. The Hall–Kier alpha value is -1.79. The molecule has 3 unspecified atom stereocenters. The van der Waals surface area contributed by atoms with Gasteiger partial charge in [0.25, 0.3) is 0 Å². The van der Waals surface area contributed by atoms with Crippen LogP contribution in [0.25, 0.3) is 0 Å². The first-order valence-corrected chi connectivity index (χ1v) is 9.66. The minimum absolute atomic E-state index is 0.000707. The maximum atomic E-state index is 11.9. The number of nitrogens with zero attached hydrogens (tertiary/aromatic N) is 2. The number of methoxy groups -OCH3 is 1. The van der Waals surface area contributed by atoms with Crippen molar-refractivity contribution in [1.82, 2.24) is 10.2 Å². The molecular formula is C19H24ClN3O3. The van der Waals surface area contributed by atoms with Crippen LogP contribution in [0.4, 0.5) is 0 Å². The molecule has 6 nitrogen and oxygen atoms in total. The van der Waals surface area contributed by atoms with E-state index in [4.69, 9.17) is 26.1 Å². The number of halogens is 1. The fourth-order valence-electron chi connectivity index (χ4n) is 4.11. The normalized spacial score (nSPS) is 31.1. The van der Waals surface area contributed by atoms with Gasteiger partial charge in [0.1, 0.15) is 24.1 Å². The number of fused-ring (bicyclic) bond motifs is 1. The number of carbonyl (C=O) groups is 1. The van der Waals surface area contributed by atoms with Gasteiger partial charge in [0.15, 0.2) is 5.22 Å². The molecule has 4 aliphatic rings. The Morgan fingerprint density at radius 1 is 1.38 bits per heavy atom. The summed E-state index contributed by atoms with van der Waals surface area (Å²) in [6.45, 7) is 0. The molecule has 0 spiro atoms. The molecule has 0 amide bonds. The van der Waals surface area contributed by atoms with Crippen molar-refractivity contribution in [2.75, 3.05) is 7.11 Å². The maximum Gasteiger partial charge on any atom is 0.338 e. The molecule has 0 aromatic heterocycles. The summed E-state index contributed by atoms with van der Waals surface area (Å²) in [5.41, 5.74) is 0.503. The van der Waals surface area contributed by atoms with Crippen molar-refractivity contribution in [2.45, 2.75) is 62.9 Å². The van der Waals surface area contributed by atoms with Gasteiger partial charge in [-0.2, -0.15) is 0 Å². The zero-order chi connectivity index (χ0) is 18.1. The molecule has 1 saturated carbocycles. The smallest absolute Gasteiger partial charge is 0.338 e. The highest BCUT2D eigenvalue weighted by molar-refractivity contribution is 6.28. The van der Waals surface area contributed by atoms with Crippen molar-refractivity contribution in [2.24, 2.45) is 4.99 Å². The molecule has 0 bridgehead atoms. The minimum Gasteiger partial charge on any atom is -0.477 e. The number of nitrogens with one attached hydrogen (secondary N) is 1. The lowest BCUT2D eigenvalue weighted by Crippen LogP contribution is -2.54. The molecule has 1 aliphatic carbocycles. The Balaban J connectivity index is 1.56. The van der Waals surface area contributed by atoms with Crippen LogP contribution in [0.3, 0.4) is 0 Å². The summed E-state index contributed by atoms with van der Waals surface area (Å²) in [5.74, 6) is 0.406. The highest BCUT2D eigenvalue weighted by Crippen LogP contribution is 2.32. The Labute approximate surface area is 158 Å². The molecule has 26 heavy (non-hydrogen) atoms. The van der Waals surface area contributed by atoms with Crippen molar-refractivity contribution in [3.8, 4) is 0 Å². The predicted molar refractivity (Wildman–Crippen MR) is 99.5 cm³/mol. The van der Waals surface area contributed by atoms with E-state index in [0.717, 1.165) is 12.3 Å². The average molecular weight is 378 g/mol. The molecule has 1 N–H and O–H groups in total.